The maximum absolute atomic E-state index is 9.20. The quantitative estimate of drug-likeness (QED) is 0.749. The maximum atomic E-state index is 9.20. The molecule has 0 saturated carbocycles. The Balaban J connectivity index is 2.01. The number of hydrogen-bond acceptors (Lipinski definition) is 4. The minimum absolute atomic E-state index is 0.252. The first-order chi connectivity index (χ1) is 8.81. The van der Waals surface area contributed by atoms with Crippen molar-refractivity contribution in [1.29, 1.82) is 10.5 Å². The molecule has 2 aliphatic rings. The highest BCUT2D eigenvalue weighted by Gasteiger charge is 2.35. The number of fused-ring (bicyclic) bond motifs is 2. The van der Waals surface area contributed by atoms with E-state index in [2.05, 4.69) is 17.0 Å². The lowest BCUT2D eigenvalue weighted by Crippen LogP contribution is -2.43. The van der Waals surface area contributed by atoms with Gasteiger partial charge in [-0.05, 0) is 25.0 Å². The molecule has 0 radical (unpaired) electrons. The lowest BCUT2D eigenvalue weighted by molar-refractivity contribution is 0.0304. The van der Waals surface area contributed by atoms with Crippen LogP contribution in [0.4, 0.5) is 5.69 Å². The molecular weight excluding hydrogens is 226 g/mol. The van der Waals surface area contributed by atoms with Crippen LogP contribution in [-0.2, 0) is 4.74 Å². The van der Waals surface area contributed by atoms with Crippen molar-refractivity contribution < 1.29 is 4.74 Å². The number of benzene rings is 1. The number of anilines is 1. The lowest BCUT2D eigenvalue weighted by Gasteiger charge is -2.34. The summed E-state index contributed by atoms with van der Waals surface area (Å²) in [6.07, 6.45) is 2.67. The number of para-hydroxylation sites is 1. The number of hydrogen-bond donors (Lipinski definition) is 0. The molecule has 1 aromatic rings. The number of nitriles is 2. The molecule has 0 unspecified atom stereocenters. The fourth-order valence-corrected chi connectivity index (χ4v) is 2.86. The van der Waals surface area contributed by atoms with Crippen LogP contribution in [0, 0.1) is 22.7 Å². The summed E-state index contributed by atoms with van der Waals surface area (Å²) in [7, 11) is 0. The first-order valence-electron chi connectivity index (χ1n) is 6.15. The van der Waals surface area contributed by atoms with E-state index in [-0.39, 0.29) is 12.2 Å². The van der Waals surface area contributed by atoms with Crippen molar-refractivity contribution in [3.05, 3.63) is 29.3 Å². The van der Waals surface area contributed by atoms with E-state index in [9.17, 15) is 10.5 Å². The van der Waals surface area contributed by atoms with Crippen LogP contribution in [-0.4, -0.2) is 25.3 Å². The minimum atomic E-state index is 0.252. The van der Waals surface area contributed by atoms with Crippen LogP contribution in [0.3, 0.4) is 0 Å². The van der Waals surface area contributed by atoms with Crippen molar-refractivity contribution in [2.75, 3.05) is 18.0 Å². The third-order valence-electron chi connectivity index (χ3n) is 3.64. The zero-order valence-corrected chi connectivity index (χ0v) is 9.97. The van der Waals surface area contributed by atoms with E-state index in [1.165, 1.54) is 0 Å². The van der Waals surface area contributed by atoms with Gasteiger partial charge in [0.1, 0.15) is 12.1 Å². The smallest absolute Gasteiger partial charge is 0.101 e. The molecule has 2 atom stereocenters. The molecule has 90 valence electrons. The molecule has 2 fully saturated rings. The van der Waals surface area contributed by atoms with Gasteiger partial charge in [-0.1, -0.05) is 6.07 Å². The van der Waals surface area contributed by atoms with Crippen LogP contribution < -0.4 is 4.90 Å². The molecule has 0 spiro atoms. The van der Waals surface area contributed by atoms with Gasteiger partial charge in [0, 0.05) is 13.1 Å². The van der Waals surface area contributed by atoms with Gasteiger partial charge in [0.05, 0.1) is 29.0 Å². The highest BCUT2D eigenvalue weighted by Crippen LogP contribution is 2.33. The summed E-state index contributed by atoms with van der Waals surface area (Å²) in [5.41, 5.74) is 1.94. The number of nitrogens with zero attached hydrogens (tertiary/aromatic N) is 3. The van der Waals surface area contributed by atoms with E-state index in [1.807, 2.05) is 0 Å². The second-order valence-corrected chi connectivity index (χ2v) is 4.79. The Morgan fingerprint density at radius 2 is 1.61 bits per heavy atom. The molecule has 0 amide bonds. The molecule has 0 aliphatic carbocycles. The Labute approximate surface area is 106 Å². The Hall–Kier alpha value is -2.04. The third-order valence-corrected chi connectivity index (χ3v) is 3.64. The average molecular weight is 239 g/mol. The van der Waals surface area contributed by atoms with E-state index in [0.29, 0.717) is 11.1 Å². The van der Waals surface area contributed by atoms with Gasteiger partial charge in [0.25, 0.3) is 0 Å². The second kappa shape index (κ2) is 4.33. The summed E-state index contributed by atoms with van der Waals surface area (Å²) in [4.78, 5) is 2.14. The van der Waals surface area contributed by atoms with E-state index in [4.69, 9.17) is 4.74 Å². The number of rotatable bonds is 1. The van der Waals surface area contributed by atoms with Gasteiger partial charge in [-0.3, -0.25) is 0 Å². The fraction of sp³-hybridized carbons (Fsp3) is 0.429. The van der Waals surface area contributed by atoms with E-state index in [0.717, 1.165) is 31.6 Å². The third kappa shape index (κ3) is 1.72. The van der Waals surface area contributed by atoms with Gasteiger partial charge in [-0.15, -0.1) is 0 Å². The normalized spacial score (nSPS) is 25.6. The molecule has 0 N–H and O–H groups in total. The second-order valence-electron chi connectivity index (χ2n) is 4.79. The molecule has 2 aliphatic heterocycles. The zero-order valence-electron chi connectivity index (χ0n) is 9.97. The first kappa shape index (κ1) is 11.1. The van der Waals surface area contributed by atoms with Gasteiger partial charge < -0.3 is 9.64 Å². The van der Waals surface area contributed by atoms with Crippen molar-refractivity contribution >= 4 is 5.69 Å². The van der Waals surface area contributed by atoms with Gasteiger partial charge >= 0.3 is 0 Å². The highest BCUT2D eigenvalue weighted by molar-refractivity contribution is 5.68. The molecule has 2 bridgehead atoms. The van der Waals surface area contributed by atoms with Gasteiger partial charge in [-0.2, -0.15) is 10.5 Å². The summed E-state index contributed by atoms with van der Waals surface area (Å²) in [6.45, 7) is 1.56. The minimum Gasteiger partial charge on any atom is -0.371 e. The number of morpholine rings is 1. The largest absolute Gasteiger partial charge is 0.371 e. The van der Waals surface area contributed by atoms with Crippen molar-refractivity contribution in [3.63, 3.8) is 0 Å². The van der Waals surface area contributed by atoms with Crippen molar-refractivity contribution in [2.45, 2.75) is 25.0 Å². The summed E-state index contributed by atoms with van der Waals surface area (Å²) >= 11 is 0. The fourth-order valence-electron chi connectivity index (χ4n) is 2.86. The van der Waals surface area contributed by atoms with Crippen LogP contribution in [0.25, 0.3) is 0 Å². The van der Waals surface area contributed by atoms with Crippen LogP contribution in [0.1, 0.15) is 24.0 Å². The molecule has 2 heterocycles. The molecular formula is C14H13N3O. The Morgan fingerprint density at radius 3 is 2.11 bits per heavy atom. The predicted molar refractivity (Wildman–Crippen MR) is 66.0 cm³/mol. The van der Waals surface area contributed by atoms with E-state index < -0.39 is 0 Å². The van der Waals surface area contributed by atoms with Gasteiger partial charge in [0.2, 0.25) is 0 Å². The summed E-state index contributed by atoms with van der Waals surface area (Å²) in [5.74, 6) is 0. The van der Waals surface area contributed by atoms with Crippen LogP contribution >= 0.6 is 0 Å². The summed E-state index contributed by atoms with van der Waals surface area (Å²) < 4.78 is 5.79. The average Bonchev–Trinajstić information content (AvgIpc) is 2.76. The van der Waals surface area contributed by atoms with Crippen LogP contribution in [0.15, 0.2) is 18.2 Å². The van der Waals surface area contributed by atoms with E-state index in [1.54, 1.807) is 18.2 Å². The Kier molecular flexibility index (Phi) is 2.66. The molecule has 1 aromatic carbocycles. The van der Waals surface area contributed by atoms with Crippen LogP contribution in [0.2, 0.25) is 0 Å². The number of ether oxygens (including phenoxy) is 1. The highest BCUT2D eigenvalue weighted by atomic mass is 16.5. The summed E-state index contributed by atoms with van der Waals surface area (Å²) in [5, 5.41) is 18.4. The maximum Gasteiger partial charge on any atom is 0.101 e. The summed E-state index contributed by atoms with van der Waals surface area (Å²) in [6, 6.07) is 9.67. The van der Waals surface area contributed by atoms with Gasteiger partial charge in [0.15, 0.2) is 0 Å². The molecule has 2 saturated heterocycles. The SMILES string of the molecule is N#Cc1cccc(C#N)c1N1C[C@H]2CC[C@@H](C1)O2. The topological polar surface area (TPSA) is 60.0 Å². The molecule has 4 nitrogen and oxygen atoms in total. The van der Waals surface area contributed by atoms with Crippen molar-refractivity contribution in [2.24, 2.45) is 0 Å². The monoisotopic (exact) mass is 239 g/mol. The predicted octanol–water partition coefficient (Wildman–Crippen LogP) is 1.80. The van der Waals surface area contributed by atoms with Crippen molar-refractivity contribution in [1.82, 2.24) is 0 Å². The molecule has 18 heavy (non-hydrogen) atoms. The first-order valence-corrected chi connectivity index (χ1v) is 6.15. The zero-order chi connectivity index (χ0) is 12.5. The van der Waals surface area contributed by atoms with E-state index >= 15 is 0 Å². The Morgan fingerprint density at radius 1 is 1.06 bits per heavy atom. The molecule has 4 heteroatoms. The standard InChI is InChI=1S/C14H13N3O/c15-6-10-2-1-3-11(7-16)14(10)17-8-12-4-5-13(9-17)18-12/h1-3,12-13H,4-5,8-9H2/t12-,13+. The lowest BCUT2D eigenvalue weighted by atomic mass is 10.1. The Bertz CT molecular complexity index is 511. The molecule has 0 aromatic heterocycles. The van der Waals surface area contributed by atoms with Gasteiger partial charge in [-0.25, -0.2) is 0 Å². The molecule has 3 rings (SSSR count). The van der Waals surface area contributed by atoms with Crippen LogP contribution in [0.5, 0.6) is 0 Å². The van der Waals surface area contributed by atoms with Crippen molar-refractivity contribution in [3.8, 4) is 12.1 Å².